The fraction of sp³-hybridized carbons (Fsp3) is 0.333. The Labute approximate surface area is 161 Å². The van der Waals surface area contributed by atoms with E-state index in [0.717, 1.165) is 46.3 Å². The summed E-state index contributed by atoms with van der Waals surface area (Å²) in [5.41, 5.74) is 1.02. The highest BCUT2D eigenvalue weighted by molar-refractivity contribution is 7.26. The topological polar surface area (TPSA) is 45.2 Å². The number of rotatable bonds is 4. The number of halogens is 1. The summed E-state index contributed by atoms with van der Waals surface area (Å²) < 4.78 is 1.18. The minimum Gasteiger partial charge on any atom is -0.338 e. The molecule has 3 aromatic rings. The van der Waals surface area contributed by atoms with E-state index in [9.17, 15) is 4.79 Å². The van der Waals surface area contributed by atoms with Crippen LogP contribution in [-0.2, 0) is 0 Å². The van der Waals surface area contributed by atoms with E-state index in [1.807, 2.05) is 42.3 Å². The predicted molar refractivity (Wildman–Crippen MR) is 108 cm³/mol. The first-order valence-corrected chi connectivity index (χ1v) is 9.77. The summed E-state index contributed by atoms with van der Waals surface area (Å²) in [5, 5.41) is 4.20. The summed E-state index contributed by atoms with van der Waals surface area (Å²) >= 11 is 3.23. The molecule has 0 radical (unpaired) electrons. The highest BCUT2D eigenvalue weighted by atomic mass is 35.5. The monoisotopic (exact) mass is 393 g/mol. The zero-order valence-electron chi connectivity index (χ0n) is 13.9. The lowest BCUT2D eigenvalue weighted by atomic mass is 10.1. The molecule has 1 atom stereocenters. The molecule has 1 saturated heterocycles. The van der Waals surface area contributed by atoms with Gasteiger partial charge in [0.1, 0.15) is 5.01 Å². The fourth-order valence-corrected chi connectivity index (χ4v) is 5.17. The van der Waals surface area contributed by atoms with Gasteiger partial charge in [0.15, 0.2) is 0 Å². The van der Waals surface area contributed by atoms with Gasteiger partial charge in [-0.05, 0) is 50.2 Å². The smallest absolute Gasteiger partial charge is 0.263 e. The van der Waals surface area contributed by atoms with E-state index in [4.69, 9.17) is 0 Å². The normalized spacial score (nSPS) is 17.0. The Morgan fingerprint density at radius 2 is 2.12 bits per heavy atom. The summed E-state index contributed by atoms with van der Waals surface area (Å²) in [6.45, 7) is 2.69. The number of benzene rings is 1. The van der Waals surface area contributed by atoms with E-state index in [1.165, 1.54) is 4.70 Å². The van der Waals surface area contributed by atoms with Crippen molar-refractivity contribution in [2.45, 2.75) is 6.42 Å². The van der Waals surface area contributed by atoms with Gasteiger partial charge in [0.05, 0.1) is 20.0 Å². The molecule has 0 bridgehead atoms. The molecule has 4 nitrogen and oxygen atoms in total. The van der Waals surface area contributed by atoms with Gasteiger partial charge in [-0.1, -0.05) is 12.1 Å². The van der Waals surface area contributed by atoms with Crippen molar-refractivity contribution in [3.63, 3.8) is 0 Å². The lowest BCUT2D eigenvalue weighted by molar-refractivity contribution is 0.0792. The summed E-state index contributed by atoms with van der Waals surface area (Å²) in [7, 11) is 1.97. The van der Waals surface area contributed by atoms with Gasteiger partial charge in [0.25, 0.3) is 5.91 Å². The predicted octanol–water partition coefficient (Wildman–Crippen LogP) is 4.13. The Hall–Kier alpha value is -1.47. The van der Waals surface area contributed by atoms with Gasteiger partial charge in [-0.3, -0.25) is 4.79 Å². The second kappa shape index (κ2) is 7.83. The molecule has 1 unspecified atom stereocenters. The van der Waals surface area contributed by atoms with Crippen LogP contribution in [0.2, 0.25) is 0 Å². The van der Waals surface area contributed by atoms with Crippen LogP contribution in [0.15, 0.2) is 36.4 Å². The van der Waals surface area contributed by atoms with E-state index in [2.05, 4.69) is 16.4 Å². The van der Waals surface area contributed by atoms with Crippen molar-refractivity contribution in [3.8, 4) is 9.88 Å². The molecule has 0 aliphatic carbocycles. The molecule has 1 N–H and O–H groups in total. The third-order valence-corrected chi connectivity index (χ3v) is 6.67. The summed E-state index contributed by atoms with van der Waals surface area (Å²) in [6, 6.07) is 12.1. The highest BCUT2D eigenvalue weighted by Crippen LogP contribution is 2.35. The number of thiazole rings is 1. The number of nitrogens with one attached hydrogen (secondary N) is 1. The van der Waals surface area contributed by atoms with Crippen LogP contribution in [0.5, 0.6) is 0 Å². The molecule has 1 amide bonds. The first kappa shape index (κ1) is 18.3. The molecule has 132 valence electrons. The van der Waals surface area contributed by atoms with Gasteiger partial charge in [-0.15, -0.1) is 35.1 Å². The Morgan fingerprint density at radius 1 is 1.28 bits per heavy atom. The number of hydrogen-bond acceptors (Lipinski definition) is 5. The van der Waals surface area contributed by atoms with Crippen LogP contribution in [0.4, 0.5) is 0 Å². The van der Waals surface area contributed by atoms with Gasteiger partial charge in [0.2, 0.25) is 0 Å². The molecular weight excluding hydrogens is 374 g/mol. The molecule has 0 saturated carbocycles. The van der Waals surface area contributed by atoms with E-state index in [-0.39, 0.29) is 18.3 Å². The Kier molecular flexibility index (Phi) is 5.74. The Bertz CT molecular complexity index is 843. The number of para-hydroxylation sites is 1. The first-order valence-electron chi connectivity index (χ1n) is 8.14. The number of likely N-dealkylation sites (tertiary alicyclic amines) is 1. The van der Waals surface area contributed by atoms with Crippen LogP contribution >= 0.6 is 35.1 Å². The SMILES string of the molecule is CNCC1CCN(C(=O)c2ccc(-c3nc4ccccc4s3)s2)C1.Cl. The van der Waals surface area contributed by atoms with E-state index < -0.39 is 0 Å². The quantitative estimate of drug-likeness (QED) is 0.724. The number of carbonyl (C=O) groups is 1. The fourth-order valence-electron chi connectivity index (χ4n) is 3.17. The van der Waals surface area contributed by atoms with Crippen molar-refractivity contribution in [1.29, 1.82) is 0 Å². The third-order valence-electron chi connectivity index (χ3n) is 4.39. The van der Waals surface area contributed by atoms with Gasteiger partial charge >= 0.3 is 0 Å². The lowest BCUT2D eigenvalue weighted by Crippen LogP contribution is -2.29. The maximum atomic E-state index is 12.7. The van der Waals surface area contributed by atoms with Gasteiger partial charge in [0, 0.05) is 13.1 Å². The molecule has 1 aliphatic rings. The lowest BCUT2D eigenvalue weighted by Gasteiger charge is -2.15. The van der Waals surface area contributed by atoms with Crippen LogP contribution in [0, 0.1) is 5.92 Å². The largest absolute Gasteiger partial charge is 0.338 e. The number of thiophene rings is 1. The van der Waals surface area contributed by atoms with Crippen molar-refractivity contribution in [3.05, 3.63) is 41.3 Å². The zero-order valence-corrected chi connectivity index (χ0v) is 16.3. The molecule has 3 heterocycles. The van der Waals surface area contributed by atoms with Crippen LogP contribution in [-0.4, -0.2) is 42.5 Å². The van der Waals surface area contributed by atoms with Crippen molar-refractivity contribution in [1.82, 2.24) is 15.2 Å². The second-order valence-corrected chi connectivity index (χ2v) is 8.23. The minimum atomic E-state index is 0. The van der Waals surface area contributed by atoms with Crippen LogP contribution in [0.25, 0.3) is 20.1 Å². The maximum absolute atomic E-state index is 12.7. The zero-order chi connectivity index (χ0) is 16.5. The third kappa shape index (κ3) is 3.72. The number of amides is 1. The molecule has 0 spiro atoms. The van der Waals surface area contributed by atoms with Crippen molar-refractivity contribution < 1.29 is 4.79 Å². The number of nitrogens with zero attached hydrogens (tertiary/aromatic N) is 2. The molecule has 1 fully saturated rings. The van der Waals surface area contributed by atoms with Gasteiger partial charge in [-0.25, -0.2) is 4.98 Å². The number of carbonyl (C=O) groups excluding carboxylic acids is 1. The second-order valence-electron chi connectivity index (χ2n) is 6.11. The molecule has 7 heteroatoms. The number of aromatic nitrogens is 1. The van der Waals surface area contributed by atoms with Crippen molar-refractivity contribution in [2.24, 2.45) is 5.92 Å². The first-order chi connectivity index (χ1) is 11.7. The number of fused-ring (bicyclic) bond motifs is 1. The molecule has 4 rings (SSSR count). The average Bonchev–Trinajstić information content (AvgIpc) is 3.32. The molecular formula is C18H20ClN3OS2. The minimum absolute atomic E-state index is 0. The van der Waals surface area contributed by atoms with E-state index in [1.54, 1.807) is 22.7 Å². The Balaban J connectivity index is 0.00000182. The van der Waals surface area contributed by atoms with Crippen LogP contribution in [0.1, 0.15) is 16.1 Å². The van der Waals surface area contributed by atoms with Gasteiger partial charge < -0.3 is 10.2 Å². The molecule has 2 aromatic heterocycles. The van der Waals surface area contributed by atoms with E-state index in [0.29, 0.717) is 5.92 Å². The molecule has 1 aliphatic heterocycles. The summed E-state index contributed by atoms with van der Waals surface area (Å²) in [6.07, 6.45) is 1.09. The van der Waals surface area contributed by atoms with Crippen molar-refractivity contribution >= 4 is 51.2 Å². The van der Waals surface area contributed by atoms with Crippen LogP contribution < -0.4 is 5.32 Å². The maximum Gasteiger partial charge on any atom is 0.263 e. The summed E-state index contributed by atoms with van der Waals surface area (Å²) in [5.74, 6) is 0.730. The van der Waals surface area contributed by atoms with Gasteiger partial charge in [-0.2, -0.15) is 0 Å². The molecule has 1 aromatic carbocycles. The highest BCUT2D eigenvalue weighted by Gasteiger charge is 2.27. The molecule has 25 heavy (non-hydrogen) atoms. The van der Waals surface area contributed by atoms with Crippen LogP contribution in [0.3, 0.4) is 0 Å². The Morgan fingerprint density at radius 3 is 2.92 bits per heavy atom. The number of hydrogen-bond donors (Lipinski definition) is 1. The summed E-state index contributed by atoms with van der Waals surface area (Å²) in [4.78, 5) is 21.3. The van der Waals surface area contributed by atoms with Crippen molar-refractivity contribution in [2.75, 3.05) is 26.7 Å². The average molecular weight is 394 g/mol. The van der Waals surface area contributed by atoms with E-state index >= 15 is 0 Å². The standard InChI is InChI=1S/C18H19N3OS2.ClH/c1-19-10-12-8-9-21(11-12)18(22)16-7-6-15(23-16)17-20-13-4-2-3-5-14(13)24-17;/h2-7,12,19H,8-11H2,1H3;1H.